The number of hydrogen-bond donors (Lipinski definition) is 1. The molecule has 0 aliphatic heterocycles. The highest BCUT2D eigenvalue weighted by atomic mass is 15.3. The van der Waals surface area contributed by atoms with Crippen LogP contribution in [-0.2, 0) is 19.6 Å². The summed E-state index contributed by atoms with van der Waals surface area (Å²) in [5.74, 6) is 0. The zero-order chi connectivity index (χ0) is 13.7. The molecule has 0 radical (unpaired) electrons. The Bertz CT molecular complexity index is 499. The van der Waals surface area contributed by atoms with Gasteiger partial charge in [-0.2, -0.15) is 5.10 Å². The van der Waals surface area contributed by atoms with Crippen LogP contribution >= 0.6 is 0 Å². The molecule has 0 atom stereocenters. The highest BCUT2D eigenvalue weighted by molar-refractivity contribution is 5.45. The number of aromatic nitrogens is 2. The SMILES string of the molecule is CCn1cc(CNCc2ccc(N(C)C)cc2)cn1. The summed E-state index contributed by atoms with van der Waals surface area (Å²) in [7, 11) is 4.11. The van der Waals surface area contributed by atoms with Crippen molar-refractivity contribution in [2.24, 2.45) is 0 Å². The van der Waals surface area contributed by atoms with Gasteiger partial charge in [-0.1, -0.05) is 12.1 Å². The topological polar surface area (TPSA) is 33.1 Å². The van der Waals surface area contributed by atoms with Gasteiger partial charge in [0, 0.05) is 51.2 Å². The van der Waals surface area contributed by atoms with E-state index >= 15 is 0 Å². The van der Waals surface area contributed by atoms with Crippen LogP contribution in [0.2, 0.25) is 0 Å². The van der Waals surface area contributed by atoms with Crippen LogP contribution in [0, 0.1) is 0 Å². The molecule has 1 aromatic carbocycles. The first-order chi connectivity index (χ1) is 9.19. The molecule has 0 amide bonds. The quantitative estimate of drug-likeness (QED) is 0.863. The summed E-state index contributed by atoms with van der Waals surface area (Å²) >= 11 is 0. The molecule has 0 spiro atoms. The van der Waals surface area contributed by atoms with Crippen LogP contribution in [0.25, 0.3) is 0 Å². The molecule has 0 saturated carbocycles. The molecule has 1 N–H and O–H groups in total. The van der Waals surface area contributed by atoms with Gasteiger partial charge < -0.3 is 10.2 Å². The van der Waals surface area contributed by atoms with Crippen molar-refractivity contribution >= 4 is 5.69 Å². The fourth-order valence-electron chi connectivity index (χ4n) is 1.93. The second-order valence-electron chi connectivity index (χ2n) is 4.87. The van der Waals surface area contributed by atoms with Crippen LogP contribution < -0.4 is 10.2 Å². The summed E-state index contributed by atoms with van der Waals surface area (Å²) in [4.78, 5) is 2.11. The van der Waals surface area contributed by atoms with E-state index in [1.807, 2.05) is 10.9 Å². The molecule has 1 aromatic heterocycles. The van der Waals surface area contributed by atoms with Crippen LogP contribution in [-0.4, -0.2) is 23.9 Å². The lowest BCUT2D eigenvalue weighted by Crippen LogP contribution is -2.13. The minimum absolute atomic E-state index is 0.857. The van der Waals surface area contributed by atoms with E-state index in [0.29, 0.717) is 0 Å². The molecule has 0 saturated heterocycles. The first kappa shape index (κ1) is 13.6. The molecule has 0 bridgehead atoms. The number of anilines is 1. The number of benzene rings is 1. The zero-order valence-corrected chi connectivity index (χ0v) is 11.9. The van der Waals surface area contributed by atoms with Crippen molar-refractivity contribution in [1.82, 2.24) is 15.1 Å². The molecule has 19 heavy (non-hydrogen) atoms. The highest BCUT2D eigenvalue weighted by Crippen LogP contribution is 2.12. The third-order valence-corrected chi connectivity index (χ3v) is 3.12. The normalized spacial score (nSPS) is 10.7. The van der Waals surface area contributed by atoms with E-state index in [0.717, 1.165) is 19.6 Å². The Balaban J connectivity index is 1.82. The summed E-state index contributed by atoms with van der Waals surface area (Å²) in [6, 6.07) is 8.62. The van der Waals surface area contributed by atoms with Crippen molar-refractivity contribution < 1.29 is 0 Å². The maximum atomic E-state index is 4.26. The maximum Gasteiger partial charge on any atom is 0.0534 e. The van der Waals surface area contributed by atoms with Gasteiger partial charge in [0.15, 0.2) is 0 Å². The molecule has 2 aromatic rings. The zero-order valence-electron chi connectivity index (χ0n) is 11.9. The lowest BCUT2D eigenvalue weighted by atomic mass is 10.2. The largest absolute Gasteiger partial charge is 0.378 e. The number of hydrogen-bond acceptors (Lipinski definition) is 3. The van der Waals surface area contributed by atoms with Crippen molar-refractivity contribution in [1.29, 1.82) is 0 Å². The number of aryl methyl sites for hydroxylation is 1. The predicted molar refractivity (Wildman–Crippen MR) is 79.2 cm³/mol. The standard InChI is InChI=1S/C15H22N4/c1-4-19-12-14(11-17-19)10-16-9-13-5-7-15(8-6-13)18(2)3/h5-8,11-12,16H,4,9-10H2,1-3H3. The first-order valence-corrected chi connectivity index (χ1v) is 6.67. The number of nitrogens with zero attached hydrogens (tertiary/aromatic N) is 3. The van der Waals surface area contributed by atoms with Crippen molar-refractivity contribution in [3.63, 3.8) is 0 Å². The van der Waals surface area contributed by atoms with Gasteiger partial charge in [-0.3, -0.25) is 4.68 Å². The van der Waals surface area contributed by atoms with Gasteiger partial charge in [0.2, 0.25) is 0 Å². The lowest BCUT2D eigenvalue weighted by Gasteiger charge is -2.12. The van der Waals surface area contributed by atoms with Gasteiger partial charge in [-0.25, -0.2) is 0 Å². The monoisotopic (exact) mass is 258 g/mol. The van der Waals surface area contributed by atoms with Crippen LogP contribution in [0.15, 0.2) is 36.7 Å². The van der Waals surface area contributed by atoms with E-state index in [1.54, 1.807) is 0 Å². The van der Waals surface area contributed by atoms with E-state index in [-0.39, 0.29) is 0 Å². The van der Waals surface area contributed by atoms with E-state index in [2.05, 4.69) is 66.8 Å². The highest BCUT2D eigenvalue weighted by Gasteiger charge is 1.99. The molecule has 0 aliphatic rings. The Morgan fingerprint density at radius 1 is 1.11 bits per heavy atom. The third kappa shape index (κ3) is 3.83. The minimum atomic E-state index is 0.857. The molecule has 0 unspecified atom stereocenters. The van der Waals surface area contributed by atoms with Crippen molar-refractivity contribution in [3.8, 4) is 0 Å². The fraction of sp³-hybridized carbons (Fsp3) is 0.400. The number of rotatable bonds is 6. The molecule has 102 valence electrons. The lowest BCUT2D eigenvalue weighted by molar-refractivity contribution is 0.655. The van der Waals surface area contributed by atoms with Crippen LogP contribution in [0.1, 0.15) is 18.1 Å². The molecular formula is C15H22N4. The Hall–Kier alpha value is -1.81. The van der Waals surface area contributed by atoms with Gasteiger partial charge in [-0.15, -0.1) is 0 Å². The Morgan fingerprint density at radius 2 is 1.79 bits per heavy atom. The Kier molecular flexibility index (Phi) is 4.58. The van der Waals surface area contributed by atoms with Crippen LogP contribution in [0.5, 0.6) is 0 Å². The smallest absolute Gasteiger partial charge is 0.0534 e. The molecule has 2 rings (SSSR count). The molecule has 4 heteroatoms. The molecule has 4 nitrogen and oxygen atoms in total. The minimum Gasteiger partial charge on any atom is -0.378 e. The Morgan fingerprint density at radius 3 is 2.37 bits per heavy atom. The van der Waals surface area contributed by atoms with E-state index < -0.39 is 0 Å². The van der Waals surface area contributed by atoms with Gasteiger partial charge in [-0.05, 0) is 24.6 Å². The maximum absolute atomic E-state index is 4.26. The van der Waals surface area contributed by atoms with Crippen molar-refractivity contribution in [2.45, 2.75) is 26.6 Å². The molecule has 0 fully saturated rings. The second-order valence-corrected chi connectivity index (χ2v) is 4.87. The van der Waals surface area contributed by atoms with Gasteiger partial charge in [0.1, 0.15) is 0 Å². The molecular weight excluding hydrogens is 236 g/mol. The summed E-state index contributed by atoms with van der Waals surface area (Å²) in [6.45, 7) is 4.75. The van der Waals surface area contributed by atoms with Gasteiger partial charge in [0.25, 0.3) is 0 Å². The fourth-order valence-corrected chi connectivity index (χ4v) is 1.93. The summed E-state index contributed by atoms with van der Waals surface area (Å²) in [5.41, 5.74) is 3.76. The summed E-state index contributed by atoms with van der Waals surface area (Å²) in [6.07, 6.45) is 4.01. The third-order valence-electron chi connectivity index (χ3n) is 3.12. The van der Waals surface area contributed by atoms with Gasteiger partial charge in [0.05, 0.1) is 6.20 Å². The van der Waals surface area contributed by atoms with E-state index in [9.17, 15) is 0 Å². The summed E-state index contributed by atoms with van der Waals surface area (Å²) < 4.78 is 1.95. The van der Waals surface area contributed by atoms with Crippen LogP contribution in [0.3, 0.4) is 0 Å². The van der Waals surface area contributed by atoms with Crippen molar-refractivity contribution in [3.05, 3.63) is 47.8 Å². The molecule has 1 heterocycles. The molecule has 0 aliphatic carbocycles. The van der Waals surface area contributed by atoms with Crippen LogP contribution in [0.4, 0.5) is 5.69 Å². The Labute approximate surface area is 115 Å². The van der Waals surface area contributed by atoms with Gasteiger partial charge >= 0.3 is 0 Å². The second kappa shape index (κ2) is 6.38. The number of nitrogens with one attached hydrogen (secondary N) is 1. The first-order valence-electron chi connectivity index (χ1n) is 6.67. The van der Waals surface area contributed by atoms with Crippen molar-refractivity contribution in [2.75, 3.05) is 19.0 Å². The van der Waals surface area contributed by atoms with E-state index in [4.69, 9.17) is 0 Å². The average molecular weight is 258 g/mol. The summed E-state index contributed by atoms with van der Waals surface area (Å²) in [5, 5.41) is 7.70. The predicted octanol–water partition coefficient (Wildman–Crippen LogP) is 2.26. The average Bonchev–Trinajstić information content (AvgIpc) is 2.87. The van der Waals surface area contributed by atoms with E-state index in [1.165, 1.54) is 16.8 Å².